The lowest BCUT2D eigenvalue weighted by Crippen LogP contribution is -2.28. The summed E-state index contributed by atoms with van der Waals surface area (Å²) in [7, 11) is 0. The van der Waals surface area contributed by atoms with Crippen LogP contribution in [-0.4, -0.2) is 29.0 Å². The highest BCUT2D eigenvalue weighted by Gasteiger charge is 2.23. The maximum Gasteiger partial charge on any atom is 0.283 e. The van der Waals surface area contributed by atoms with Crippen molar-refractivity contribution in [3.63, 3.8) is 0 Å². The molecule has 1 heterocycles. The van der Waals surface area contributed by atoms with E-state index in [1.54, 1.807) is 10.9 Å². The van der Waals surface area contributed by atoms with Crippen LogP contribution in [0.5, 0.6) is 0 Å². The zero-order valence-electron chi connectivity index (χ0n) is 11.4. The van der Waals surface area contributed by atoms with Crippen LogP contribution in [0, 0.1) is 5.92 Å². The number of nitrogens with zero attached hydrogens (tertiary/aromatic N) is 2. The van der Waals surface area contributed by atoms with Gasteiger partial charge in [-0.2, -0.15) is 5.10 Å². The summed E-state index contributed by atoms with van der Waals surface area (Å²) in [6.07, 6.45) is 4.12. The molecule has 1 unspecified atom stereocenters. The molecule has 1 N–H and O–H groups in total. The van der Waals surface area contributed by atoms with Gasteiger partial charge in [0, 0.05) is 19.2 Å². The summed E-state index contributed by atoms with van der Waals surface area (Å²) in [5.74, 6) is 0.632. The van der Waals surface area contributed by atoms with E-state index in [-0.39, 0.29) is 11.6 Å². The second-order valence-corrected chi connectivity index (χ2v) is 5.80. The van der Waals surface area contributed by atoms with Crippen molar-refractivity contribution in [3.05, 3.63) is 21.0 Å². The van der Waals surface area contributed by atoms with Gasteiger partial charge in [0.1, 0.15) is 4.47 Å². The quantitative estimate of drug-likeness (QED) is 0.833. The van der Waals surface area contributed by atoms with Crippen LogP contribution in [0.1, 0.15) is 26.7 Å². The van der Waals surface area contributed by atoms with E-state index in [4.69, 9.17) is 4.74 Å². The van der Waals surface area contributed by atoms with Gasteiger partial charge < -0.3 is 10.1 Å². The van der Waals surface area contributed by atoms with E-state index >= 15 is 0 Å². The van der Waals surface area contributed by atoms with Gasteiger partial charge >= 0.3 is 0 Å². The van der Waals surface area contributed by atoms with Crippen LogP contribution in [0.4, 0.5) is 5.69 Å². The van der Waals surface area contributed by atoms with Crippen molar-refractivity contribution in [1.29, 1.82) is 0 Å². The lowest BCUT2D eigenvalue weighted by atomic mass is 10.3. The Hall–Kier alpha value is -0.880. The van der Waals surface area contributed by atoms with Crippen molar-refractivity contribution in [1.82, 2.24) is 9.78 Å². The van der Waals surface area contributed by atoms with E-state index in [1.165, 1.54) is 12.8 Å². The topological polar surface area (TPSA) is 56.1 Å². The zero-order valence-corrected chi connectivity index (χ0v) is 12.9. The van der Waals surface area contributed by atoms with E-state index in [0.29, 0.717) is 23.6 Å². The minimum atomic E-state index is -0.0690. The maximum absolute atomic E-state index is 12.1. The first-order chi connectivity index (χ1) is 9.11. The van der Waals surface area contributed by atoms with Crippen molar-refractivity contribution in [3.8, 4) is 0 Å². The molecule has 0 aliphatic heterocycles. The molecule has 0 bridgehead atoms. The van der Waals surface area contributed by atoms with Gasteiger partial charge in [0.15, 0.2) is 0 Å². The average molecular weight is 330 g/mol. The van der Waals surface area contributed by atoms with Gasteiger partial charge in [-0.05, 0) is 48.5 Å². The molecular formula is C13H20BrN3O2. The fourth-order valence-corrected chi connectivity index (χ4v) is 2.26. The summed E-state index contributed by atoms with van der Waals surface area (Å²) >= 11 is 3.36. The minimum absolute atomic E-state index is 0.0690. The van der Waals surface area contributed by atoms with Gasteiger partial charge in [0.25, 0.3) is 5.56 Å². The lowest BCUT2D eigenvalue weighted by Gasteiger charge is -2.16. The first-order valence-electron chi connectivity index (χ1n) is 6.71. The summed E-state index contributed by atoms with van der Waals surface area (Å²) in [5, 5.41) is 7.46. The molecule has 0 aromatic carbocycles. The standard InChI is InChI=1S/C13H20BrN3O2/c1-3-19-8-9(2)16-11-6-15-17(7-10-4-5-10)13(18)12(11)14/h6,9-10,16H,3-5,7-8H2,1-2H3. The van der Waals surface area contributed by atoms with Gasteiger partial charge in [0.05, 0.1) is 18.5 Å². The third-order valence-electron chi connectivity index (χ3n) is 3.09. The Balaban J connectivity index is 2.04. The van der Waals surface area contributed by atoms with Gasteiger partial charge in [0.2, 0.25) is 0 Å². The Morgan fingerprint density at radius 2 is 2.37 bits per heavy atom. The molecule has 0 spiro atoms. The zero-order chi connectivity index (χ0) is 13.8. The first kappa shape index (κ1) is 14.5. The molecule has 1 saturated carbocycles. The Kier molecular flexibility index (Phi) is 4.99. The van der Waals surface area contributed by atoms with Crippen molar-refractivity contribution in [2.75, 3.05) is 18.5 Å². The minimum Gasteiger partial charge on any atom is -0.380 e. The summed E-state index contributed by atoms with van der Waals surface area (Å²) in [4.78, 5) is 12.1. The number of halogens is 1. The largest absolute Gasteiger partial charge is 0.380 e. The van der Waals surface area contributed by atoms with Crippen LogP contribution in [0.15, 0.2) is 15.5 Å². The number of rotatable bonds is 7. The van der Waals surface area contributed by atoms with Gasteiger partial charge in [-0.25, -0.2) is 4.68 Å². The molecule has 1 fully saturated rings. The molecule has 1 atom stereocenters. The Morgan fingerprint density at radius 1 is 1.63 bits per heavy atom. The molecule has 5 nitrogen and oxygen atoms in total. The third kappa shape index (κ3) is 4.04. The highest BCUT2D eigenvalue weighted by molar-refractivity contribution is 9.10. The molecule has 2 rings (SSSR count). The van der Waals surface area contributed by atoms with Crippen LogP contribution in [0.25, 0.3) is 0 Å². The molecule has 0 amide bonds. The third-order valence-corrected chi connectivity index (χ3v) is 3.85. The van der Waals surface area contributed by atoms with Crippen LogP contribution < -0.4 is 10.9 Å². The average Bonchev–Trinajstić information content (AvgIpc) is 3.20. The lowest BCUT2D eigenvalue weighted by molar-refractivity contribution is 0.141. The highest BCUT2D eigenvalue weighted by atomic mass is 79.9. The number of hydrogen-bond acceptors (Lipinski definition) is 4. The van der Waals surface area contributed by atoms with Crippen molar-refractivity contribution >= 4 is 21.6 Å². The normalized spacial score (nSPS) is 16.4. The molecule has 1 aromatic rings. The number of aromatic nitrogens is 2. The Labute approximate surface area is 121 Å². The van der Waals surface area contributed by atoms with Gasteiger partial charge in [-0.15, -0.1) is 0 Å². The molecule has 6 heteroatoms. The second kappa shape index (κ2) is 6.52. The highest BCUT2D eigenvalue weighted by Crippen LogP contribution is 2.30. The van der Waals surface area contributed by atoms with Crippen LogP contribution in [-0.2, 0) is 11.3 Å². The summed E-state index contributed by atoms with van der Waals surface area (Å²) in [5.41, 5.74) is 0.657. The fourth-order valence-electron chi connectivity index (χ4n) is 1.84. The van der Waals surface area contributed by atoms with Crippen LogP contribution in [0.2, 0.25) is 0 Å². The summed E-state index contributed by atoms with van der Waals surface area (Å²) < 4.78 is 7.43. The molecule has 1 aliphatic carbocycles. The Morgan fingerprint density at radius 3 is 3.00 bits per heavy atom. The maximum atomic E-state index is 12.1. The monoisotopic (exact) mass is 329 g/mol. The number of ether oxygens (including phenoxy) is 1. The molecule has 0 radical (unpaired) electrons. The van der Waals surface area contributed by atoms with Crippen molar-refractivity contribution in [2.45, 2.75) is 39.3 Å². The molecule has 1 aliphatic rings. The second-order valence-electron chi connectivity index (χ2n) is 5.01. The number of nitrogens with one attached hydrogen (secondary N) is 1. The van der Waals surface area contributed by atoms with E-state index in [1.807, 2.05) is 13.8 Å². The molecular weight excluding hydrogens is 310 g/mol. The van der Waals surface area contributed by atoms with Crippen LogP contribution >= 0.6 is 15.9 Å². The van der Waals surface area contributed by atoms with E-state index in [9.17, 15) is 4.79 Å². The summed E-state index contributed by atoms with van der Waals surface area (Å²) in [6, 6.07) is 0.136. The van der Waals surface area contributed by atoms with Gasteiger partial charge in [-0.1, -0.05) is 0 Å². The van der Waals surface area contributed by atoms with Crippen LogP contribution in [0.3, 0.4) is 0 Å². The number of anilines is 1. The van der Waals surface area contributed by atoms with E-state index in [0.717, 1.165) is 12.2 Å². The molecule has 106 valence electrons. The summed E-state index contributed by atoms with van der Waals surface area (Å²) in [6.45, 7) is 6.00. The SMILES string of the molecule is CCOCC(C)Nc1cnn(CC2CC2)c(=O)c1Br. The van der Waals surface area contributed by atoms with Crippen molar-refractivity contribution in [2.24, 2.45) is 5.92 Å². The molecule has 1 aromatic heterocycles. The predicted octanol–water partition coefficient (Wildman–Crippen LogP) is 2.25. The van der Waals surface area contributed by atoms with Crippen molar-refractivity contribution < 1.29 is 4.74 Å². The number of hydrogen-bond donors (Lipinski definition) is 1. The van der Waals surface area contributed by atoms with Gasteiger partial charge in [-0.3, -0.25) is 4.79 Å². The fraction of sp³-hybridized carbons (Fsp3) is 0.692. The van der Waals surface area contributed by atoms with E-state index < -0.39 is 0 Å². The molecule has 19 heavy (non-hydrogen) atoms. The van der Waals surface area contributed by atoms with E-state index in [2.05, 4.69) is 26.3 Å². The Bertz CT molecular complexity index is 485. The smallest absolute Gasteiger partial charge is 0.283 e. The first-order valence-corrected chi connectivity index (χ1v) is 7.51. The molecule has 0 saturated heterocycles. The predicted molar refractivity (Wildman–Crippen MR) is 78.5 cm³/mol.